The number of hydrogen-bond donors (Lipinski definition) is 1. The summed E-state index contributed by atoms with van der Waals surface area (Å²) in [7, 11) is 0. The second-order valence-corrected chi connectivity index (χ2v) is 6.72. The van der Waals surface area contributed by atoms with Crippen molar-refractivity contribution >= 4 is 40.7 Å². The summed E-state index contributed by atoms with van der Waals surface area (Å²) in [6, 6.07) is 5.25. The molecular formula is C17H22Cl2N2O2. The number of hydrogen-bond acceptors (Lipinski definition) is 2. The number of carbonyl (C=O) groups excluding carboxylic acids is 2. The van der Waals surface area contributed by atoms with Crippen LogP contribution in [0.3, 0.4) is 0 Å². The van der Waals surface area contributed by atoms with E-state index in [1.165, 1.54) is 24.7 Å². The van der Waals surface area contributed by atoms with Gasteiger partial charge in [0.15, 0.2) is 0 Å². The lowest BCUT2D eigenvalue weighted by atomic mass is 10.1. The van der Waals surface area contributed by atoms with Crippen molar-refractivity contribution in [2.75, 3.05) is 11.4 Å². The average Bonchev–Trinajstić information content (AvgIpc) is 2.76. The van der Waals surface area contributed by atoms with Crippen LogP contribution in [0.5, 0.6) is 0 Å². The quantitative estimate of drug-likeness (QED) is 0.822. The minimum atomic E-state index is -0.245. The van der Waals surface area contributed by atoms with Gasteiger partial charge < -0.3 is 10.2 Å². The maximum atomic E-state index is 12.3. The van der Waals surface area contributed by atoms with Crippen LogP contribution in [0.25, 0.3) is 0 Å². The first-order chi connectivity index (χ1) is 11.0. The number of rotatable bonds is 4. The predicted molar refractivity (Wildman–Crippen MR) is 94.1 cm³/mol. The molecule has 0 aromatic heterocycles. The fourth-order valence-corrected chi connectivity index (χ4v) is 3.31. The lowest BCUT2D eigenvalue weighted by Crippen LogP contribution is -2.43. The molecule has 0 unspecified atom stereocenters. The third kappa shape index (κ3) is 5.11. The van der Waals surface area contributed by atoms with Crippen molar-refractivity contribution in [3.63, 3.8) is 0 Å². The van der Waals surface area contributed by atoms with Gasteiger partial charge in [-0.25, -0.2) is 0 Å². The molecule has 2 rings (SSSR count). The van der Waals surface area contributed by atoms with Gasteiger partial charge in [-0.3, -0.25) is 9.59 Å². The van der Waals surface area contributed by atoms with Crippen LogP contribution in [0, 0.1) is 0 Å². The minimum absolute atomic E-state index is 0.0497. The number of nitrogens with zero attached hydrogens (tertiary/aromatic N) is 1. The first-order valence-corrected chi connectivity index (χ1v) is 8.76. The SMILES string of the molecule is CC(=O)N(CC(=O)NC1CCCCCC1)c1cccc(Cl)c1Cl. The zero-order chi connectivity index (χ0) is 16.8. The summed E-state index contributed by atoms with van der Waals surface area (Å²) in [6.45, 7) is 1.36. The molecule has 0 spiro atoms. The Kier molecular flexibility index (Phi) is 6.72. The molecule has 1 aliphatic rings. The fourth-order valence-electron chi connectivity index (χ4n) is 2.91. The van der Waals surface area contributed by atoms with E-state index in [9.17, 15) is 9.59 Å². The summed E-state index contributed by atoms with van der Waals surface area (Å²) < 4.78 is 0. The normalized spacial score (nSPS) is 15.8. The third-order valence-corrected chi connectivity index (χ3v) is 4.93. The average molecular weight is 357 g/mol. The second kappa shape index (κ2) is 8.55. The van der Waals surface area contributed by atoms with E-state index in [0.29, 0.717) is 10.7 Å². The largest absolute Gasteiger partial charge is 0.352 e. The highest BCUT2D eigenvalue weighted by Crippen LogP contribution is 2.32. The molecule has 6 heteroatoms. The van der Waals surface area contributed by atoms with E-state index in [4.69, 9.17) is 23.2 Å². The topological polar surface area (TPSA) is 49.4 Å². The Balaban J connectivity index is 2.05. The van der Waals surface area contributed by atoms with Gasteiger partial charge in [-0.2, -0.15) is 0 Å². The molecule has 4 nitrogen and oxygen atoms in total. The summed E-state index contributed by atoms with van der Waals surface area (Å²) in [5, 5.41) is 3.68. The molecule has 1 aromatic rings. The van der Waals surface area contributed by atoms with Crippen LogP contribution >= 0.6 is 23.2 Å². The van der Waals surface area contributed by atoms with E-state index in [2.05, 4.69) is 5.32 Å². The van der Waals surface area contributed by atoms with Gasteiger partial charge in [0.25, 0.3) is 0 Å². The summed E-state index contributed by atoms with van der Waals surface area (Å²) >= 11 is 12.2. The van der Waals surface area contributed by atoms with E-state index in [1.807, 2.05) is 0 Å². The van der Waals surface area contributed by atoms with Crippen molar-refractivity contribution in [3.05, 3.63) is 28.2 Å². The highest BCUT2D eigenvalue weighted by atomic mass is 35.5. The van der Waals surface area contributed by atoms with Crippen molar-refractivity contribution < 1.29 is 9.59 Å². The van der Waals surface area contributed by atoms with Crippen LogP contribution in [0.1, 0.15) is 45.4 Å². The van der Waals surface area contributed by atoms with E-state index in [1.54, 1.807) is 18.2 Å². The molecule has 1 aromatic carbocycles. The Morgan fingerprint density at radius 2 is 1.83 bits per heavy atom. The molecule has 1 saturated carbocycles. The van der Waals surface area contributed by atoms with Crippen molar-refractivity contribution in [2.24, 2.45) is 0 Å². The monoisotopic (exact) mass is 356 g/mol. The number of amides is 2. The number of halogens is 2. The fraction of sp³-hybridized carbons (Fsp3) is 0.529. The van der Waals surface area contributed by atoms with Crippen LogP contribution in [0.15, 0.2) is 18.2 Å². The molecule has 0 saturated heterocycles. The van der Waals surface area contributed by atoms with Crippen molar-refractivity contribution in [3.8, 4) is 0 Å². The lowest BCUT2D eigenvalue weighted by molar-refractivity contribution is -0.123. The summed E-state index contributed by atoms with van der Waals surface area (Å²) in [5.74, 6) is -0.409. The zero-order valence-corrected chi connectivity index (χ0v) is 14.8. The molecule has 2 amide bonds. The van der Waals surface area contributed by atoms with Gasteiger partial charge in [0.05, 0.1) is 15.7 Å². The van der Waals surface area contributed by atoms with Crippen LogP contribution in [-0.4, -0.2) is 24.4 Å². The van der Waals surface area contributed by atoms with E-state index < -0.39 is 0 Å². The molecular weight excluding hydrogens is 335 g/mol. The molecule has 0 heterocycles. The van der Waals surface area contributed by atoms with E-state index in [0.717, 1.165) is 25.7 Å². The number of nitrogens with one attached hydrogen (secondary N) is 1. The molecule has 0 aliphatic heterocycles. The van der Waals surface area contributed by atoms with Crippen LogP contribution in [0.4, 0.5) is 5.69 Å². The van der Waals surface area contributed by atoms with Gasteiger partial charge in [-0.15, -0.1) is 0 Å². The van der Waals surface area contributed by atoms with Crippen LogP contribution in [0.2, 0.25) is 10.0 Å². The second-order valence-electron chi connectivity index (χ2n) is 5.93. The molecule has 126 valence electrons. The minimum Gasteiger partial charge on any atom is -0.352 e. The number of carbonyl (C=O) groups is 2. The van der Waals surface area contributed by atoms with Crippen molar-refractivity contribution in [2.45, 2.75) is 51.5 Å². The molecule has 23 heavy (non-hydrogen) atoms. The number of anilines is 1. The van der Waals surface area contributed by atoms with Gasteiger partial charge in [-0.1, -0.05) is 55.0 Å². The molecule has 1 N–H and O–H groups in total. The summed E-state index contributed by atoms with van der Waals surface area (Å²) in [5.41, 5.74) is 0.461. The van der Waals surface area contributed by atoms with E-state index >= 15 is 0 Å². The standard InChI is InChI=1S/C17H22Cl2N2O2/c1-12(22)21(15-10-6-9-14(18)17(15)19)11-16(23)20-13-7-4-2-3-5-8-13/h6,9-10,13H,2-5,7-8,11H2,1H3,(H,20,23). The van der Waals surface area contributed by atoms with Crippen molar-refractivity contribution in [1.82, 2.24) is 5.32 Å². The first kappa shape index (κ1) is 18.1. The highest BCUT2D eigenvalue weighted by molar-refractivity contribution is 6.44. The van der Waals surface area contributed by atoms with Crippen LogP contribution < -0.4 is 10.2 Å². The summed E-state index contributed by atoms with van der Waals surface area (Å²) in [6.07, 6.45) is 6.74. The molecule has 1 fully saturated rings. The Morgan fingerprint density at radius 1 is 1.17 bits per heavy atom. The van der Waals surface area contributed by atoms with Gasteiger partial charge >= 0.3 is 0 Å². The Hall–Kier alpha value is -1.26. The third-order valence-electron chi connectivity index (χ3n) is 4.12. The first-order valence-electron chi connectivity index (χ1n) is 8.00. The highest BCUT2D eigenvalue weighted by Gasteiger charge is 2.21. The lowest BCUT2D eigenvalue weighted by Gasteiger charge is -2.24. The number of benzene rings is 1. The molecule has 1 aliphatic carbocycles. The molecule has 0 atom stereocenters. The Morgan fingerprint density at radius 3 is 2.43 bits per heavy atom. The zero-order valence-electron chi connectivity index (χ0n) is 13.3. The van der Waals surface area contributed by atoms with Gasteiger partial charge in [-0.05, 0) is 25.0 Å². The summed E-state index contributed by atoms with van der Waals surface area (Å²) in [4.78, 5) is 25.6. The van der Waals surface area contributed by atoms with Crippen LogP contribution in [-0.2, 0) is 9.59 Å². The van der Waals surface area contributed by atoms with Gasteiger partial charge in [0.1, 0.15) is 6.54 Å². The Labute approximate surface area is 147 Å². The molecule has 0 bridgehead atoms. The smallest absolute Gasteiger partial charge is 0.240 e. The maximum Gasteiger partial charge on any atom is 0.240 e. The predicted octanol–water partition coefficient (Wildman–Crippen LogP) is 4.19. The van der Waals surface area contributed by atoms with Crippen molar-refractivity contribution in [1.29, 1.82) is 0 Å². The van der Waals surface area contributed by atoms with Gasteiger partial charge in [0, 0.05) is 13.0 Å². The van der Waals surface area contributed by atoms with Gasteiger partial charge in [0.2, 0.25) is 11.8 Å². The maximum absolute atomic E-state index is 12.3. The van der Waals surface area contributed by atoms with E-state index in [-0.39, 0.29) is 29.4 Å². The molecule has 0 radical (unpaired) electrons. The Bertz CT molecular complexity index is 570.